The van der Waals surface area contributed by atoms with Gasteiger partial charge in [-0.05, 0) is 12.0 Å². The van der Waals surface area contributed by atoms with Gasteiger partial charge in [0.25, 0.3) is 0 Å². The third-order valence-electron chi connectivity index (χ3n) is 3.00. The summed E-state index contributed by atoms with van der Waals surface area (Å²) in [5.41, 5.74) is 4.03. The summed E-state index contributed by atoms with van der Waals surface area (Å²) in [6, 6.07) is 10.4. The largest absolute Gasteiger partial charge is 0.395 e. The van der Waals surface area contributed by atoms with Gasteiger partial charge in [0.15, 0.2) is 0 Å². The molecule has 2 atom stereocenters. The number of nitrogens with one attached hydrogen (secondary N) is 1. The number of aromatic nitrogens is 1. The molecule has 0 amide bonds. The molecule has 0 aliphatic heterocycles. The van der Waals surface area contributed by atoms with Gasteiger partial charge < -0.3 is 5.11 Å². The normalized spacial score (nSPS) is 14.3. The Morgan fingerprint density at radius 3 is 2.67 bits per heavy atom. The van der Waals surface area contributed by atoms with E-state index in [1.165, 1.54) is 5.56 Å². The van der Waals surface area contributed by atoms with Crippen LogP contribution in [0.2, 0.25) is 0 Å². The minimum atomic E-state index is 0.0505. The van der Waals surface area contributed by atoms with Crippen molar-refractivity contribution in [2.75, 3.05) is 6.61 Å². The van der Waals surface area contributed by atoms with E-state index in [-0.39, 0.29) is 18.7 Å². The zero-order valence-electron chi connectivity index (χ0n) is 10.4. The summed E-state index contributed by atoms with van der Waals surface area (Å²) in [7, 11) is 0. The molecule has 2 N–H and O–H groups in total. The lowest BCUT2D eigenvalue weighted by atomic mass is 10.0. The van der Waals surface area contributed by atoms with Gasteiger partial charge in [0.05, 0.1) is 23.9 Å². The maximum Gasteiger partial charge on any atom is 0.0795 e. The van der Waals surface area contributed by atoms with E-state index in [4.69, 9.17) is 0 Å². The molecule has 2 aromatic rings. The van der Waals surface area contributed by atoms with Crippen LogP contribution in [0.3, 0.4) is 0 Å². The van der Waals surface area contributed by atoms with Crippen molar-refractivity contribution in [3.05, 3.63) is 52.5 Å². The number of rotatable bonds is 6. The molecule has 0 radical (unpaired) electrons. The Hall–Kier alpha value is -1.23. The Labute approximate surface area is 112 Å². The van der Waals surface area contributed by atoms with Gasteiger partial charge in [-0.3, -0.25) is 5.32 Å². The van der Waals surface area contributed by atoms with E-state index in [1.807, 2.05) is 23.7 Å². The lowest BCUT2D eigenvalue weighted by molar-refractivity contribution is 0.232. The van der Waals surface area contributed by atoms with Crippen molar-refractivity contribution in [2.24, 2.45) is 0 Å². The van der Waals surface area contributed by atoms with Gasteiger partial charge in [0.2, 0.25) is 0 Å². The Balaban J connectivity index is 2.24. The maximum atomic E-state index is 9.34. The standard InChI is InChI=1S/C14H18N2OS/c1-2-12(8-17)16-14(13-9-18-10-15-13)11-6-4-3-5-7-11/h3-7,9-10,12,14,16-17H,2,8H2,1H3/t12-,14?/m0/s1. The first kappa shape index (κ1) is 13.2. The van der Waals surface area contributed by atoms with Gasteiger partial charge in [-0.2, -0.15) is 0 Å². The summed E-state index contributed by atoms with van der Waals surface area (Å²) in [5.74, 6) is 0. The number of aliphatic hydroxyl groups is 1. The van der Waals surface area contributed by atoms with Gasteiger partial charge in [0.1, 0.15) is 0 Å². The molecule has 96 valence electrons. The van der Waals surface area contributed by atoms with Gasteiger partial charge in [-0.25, -0.2) is 4.98 Å². The van der Waals surface area contributed by atoms with Crippen LogP contribution in [0.15, 0.2) is 41.2 Å². The molecule has 0 saturated carbocycles. The van der Waals surface area contributed by atoms with Crippen molar-refractivity contribution in [3.8, 4) is 0 Å². The highest BCUT2D eigenvalue weighted by Gasteiger charge is 2.18. The fourth-order valence-electron chi connectivity index (χ4n) is 1.90. The van der Waals surface area contributed by atoms with Crippen LogP contribution in [0.25, 0.3) is 0 Å². The maximum absolute atomic E-state index is 9.34. The molecule has 4 heteroatoms. The summed E-state index contributed by atoms with van der Waals surface area (Å²) in [4.78, 5) is 4.39. The van der Waals surface area contributed by atoms with Crippen LogP contribution in [0.4, 0.5) is 0 Å². The van der Waals surface area contributed by atoms with Crippen molar-refractivity contribution in [2.45, 2.75) is 25.4 Å². The molecule has 0 fully saturated rings. The summed E-state index contributed by atoms with van der Waals surface area (Å²) >= 11 is 1.59. The lowest BCUT2D eigenvalue weighted by Crippen LogP contribution is -2.35. The van der Waals surface area contributed by atoms with E-state index < -0.39 is 0 Å². The molecule has 1 aromatic carbocycles. The molecule has 0 aliphatic carbocycles. The monoisotopic (exact) mass is 262 g/mol. The van der Waals surface area contributed by atoms with Crippen molar-refractivity contribution in [1.29, 1.82) is 0 Å². The third kappa shape index (κ3) is 3.16. The SMILES string of the molecule is CC[C@@H](CO)NC(c1ccccc1)c1cscn1. The minimum absolute atomic E-state index is 0.0505. The van der Waals surface area contributed by atoms with Crippen LogP contribution in [-0.4, -0.2) is 22.7 Å². The van der Waals surface area contributed by atoms with Crippen molar-refractivity contribution >= 4 is 11.3 Å². The fraction of sp³-hybridized carbons (Fsp3) is 0.357. The highest BCUT2D eigenvalue weighted by molar-refractivity contribution is 7.07. The molecule has 0 spiro atoms. The first-order chi connectivity index (χ1) is 8.85. The molecular formula is C14H18N2OS. The Bertz CT molecular complexity index is 440. The molecule has 1 unspecified atom stereocenters. The molecule has 18 heavy (non-hydrogen) atoms. The van der Waals surface area contributed by atoms with E-state index in [2.05, 4.69) is 34.7 Å². The first-order valence-electron chi connectivity index (χ1n) is 6.15. The molecule has 2 rings (SSSR count). The minimum Gasteiger partial charge on any atom is -0.395 e. The average Bonchev–Trinajstić information content (AvgIpc) is 2.95. The van der Waals surface area contributed by atoms with Crippen LogP contribution < -0.4 is 5.32 Å². The van der Waals surface area contributed by atoms with Crippen LogP contribution in [0, 0.1) is 0 Å². The first-order valence-corrected chi connectivity index (χ1v) is 7.09. The predicted octanol–water partition coefficient (Wildman–Crippen LogP) is 2.59. The molecule has 0 bridgehead atoms. The second-order valence-corrected chi connectivity index (χ2v) is 4.93. The molecule has 3 nitrogen and oxygen atoms in total. The number of aliphatic hydroxyl groups excluding tert-OH is 1. The Morgan fingerprint density at radius 2 is 2.11 bits per heavy atom. The third-order valence-corrected chi connectivity index (χ3v) is 3.60. The van der Waals surface area contributed by atoms with Crippen LogP contribution in [0.1, 0.15) is 30.6 Å². The fourth-order valence-corrected chi connectivity index (χ4v) is 2.48. The zero-order chi connectivity index (χ0) is 12.8. The lowest BCUT2D eigenvalue weighted by Gasteiger charge is -2.23. The highest BCUT2D eigenvalue weighted by atomic mass is 32.1. The van der Waals surface area contributed by atoms with Crippen LogP contribution >= 0.6 is 11.3 Å². The highest BCUT2D eigenvalue weighted by Crippen LogP contribution is 2.22. The van der Waals surface area contributed by atoms with Crippen molar-refractivity contribution in [1.82, 2.24) is 10.3 Å². The predicted molar refractivity (Wildman–Crippen MR) is 74.7 cm³/mol. The second-order valence-electron chi connectivity index (χ2n) is 4.21. The zero-order valence-corrected chi connectivity index (χ0v) is 11.2. The van der Waals surface area contributed by atoms with Gasteiger partial charge in [0, 0.05) is 11.4 Å². The summed E-state index contributed by atoms with van der Waals surface area (Å²) < 4.78 is 0. The van der Waals surface area contributed by atoms with Gasteiger partial charge in [-0.1, -0.05) is 37.3 Å². The van der Waals surface area contributed by atoms with Crippen LogP contribution in [-0.2, 0) is 0 Å². The molecule has 1 heterocycles. The van der Waals surface area contributed by atoms with Crippen molar-refractivity contribution in [3.63, 3.8) is 0 Å². The van der Waals surface area contributed by atoms with E-state index in [0.717, 1.165) is 12.1 Å². The number of hydrogen-bond donors (Lipinski definition) is 2. The van der Waals surface area contributed by atoms with E-state index >= 15 is 0 Å². The second kappa shape index (κ2) is 6.64. The Kier molecular flexibility index (Phi) is 4.87. The number of hydrogen-bond acceptors (Lipinski definition) is 4. The number of nitrogens with zero attached hydrogens (tertiary/aromatic N) is 1. The summed E-state index contributed by atoms with van der Waals surface area (Å²) in [5, 5.41) is 14.9. The van der Waals surface area contributed by atoms with Crippen molar-refractivity contribution < 1.29 is 5.11 Å². The molecule has 1 aromatic heterocycles. The Morgan fingerprint density at radius 1 is 1.33 bits per heavy atom. The summed E-state index contributed by atoms with van der Waals surface area (Å²) in [6.45, 7) is 2.21. The quantitative estimate of drug-likeness (QED) is 0.841. The average molecular weight is 262 g/mol. The van der Waals surface area contributed by atoms with E-state index in [1.54, 1.807) is 11.3 Å². The van der Waals surface area contributed by atoms with E-state index in [0.29, 0.717) is 0 Å². The smallest absolute Gasteiger partial charge is 0.0795 e. The van der Waals surface area contributed by atoms with Gasteiger partial charge in [-0.15, -0.1) is 11.3 Å². The number of benzene rings is 1. The van der Waals surface area contributed by atoms with E-state index in [9.17, 15) is 5.11 Å². The molecule has 0 aliphatic rings. The van der Waals surface area contributed by atoms with Gasteiger partial charge >= 0.3 is 0 Å². The van der Waals surface area contributed by atoms with Crippen LogP contribution in [0.5, 0.6) is 0 Å². The molecule has 0 saturated heterocycles. The molecular weight excluding hydrogens is 244 g/mol. The summed E-state index contributed by atoms with van der Waals surface area (Å²) in [6.07, 6.45) is 0.893. The topological polar surface area (TPSA) is 45.1 Å². The number of thiazole rings is 1.